The zero-order valence-corrected chi connectivity index (χ0v) is 28.6. The average Bonchev–Trinajstić information content (AvgIpc) is 3.62. The van der Waals surface area contributed by atoms with Gasteiger partial charge in [-0.15, -0.1) is 18.3 Å². The maximum atomic E-state index is 12.5. The van der Waals surface area contributed by atoms with Crippen molar-refractivity contribution >= 4 is 40.9 Å². The summed E-state index contributed by atoms with van der Waals surface area (Å²) in [5.41, 5.74) is 8.30. The van der Waals surface area contributed by atoms with Crippen LogP contribution in [0.3, 0.4) is 0 Å². The molecule has 0 fully saturated rings. The molecule has 16 heteroatoms. The van der Waals surface area contributed by atoms with Crippen LogP contribution in [0.15, 0.2) is 113 Å². The Morgan fingerprint density at radius 1 is 0.904 bits per heavy atom. The van der Waals surface area contributed by atoms with Crippen LogP contribution in [0.2, 0.25) is 0 Å². The number of aryl methyl sites for hydroxylation is 2. The molecule has 1 amide bonds. The number of esters is 1. The van der Waals surface area contributed by atoms with E-state index < -0.39 is 18.4 Å². The van der Waals surface area contributed by atoms with Gasteiger partial charge in [0.1, 0.15) is 31.2 Å². The first-order valence-electron chi connectivity index (χ1n) is 15.6. The fourth-order valence-corrected chi connectivity index (χ4v) is 5.07. The largest absolute Gasteiger partial charge is 0.573 e. The third kappa shape index (κ3) is 11.4. The molecule has 0 spiro atoms. The normalized spacial score (nSPS) is 11.7. The number of alkyl carbamates (subject to hydrolysis) is 1. The van der Waals surface area contributed by atoms with Gasteiger partial charge in [-0.1, -0.05) is 72.8 Å². The second kappa shape index (κ2) is 17.7. The third-order valence-corrected chi connectivity index (χ3v) is 7.72. The first-order valence-corrected chi connectivity index (χ1v) is 16.6. The Hall–Kier alpha value is -6.16. The molecular weight excluding hydrogens is 700 g/mol. The number of alkyl halides is 3. The Kier molecular flexibility index (Phi) is 12.6. The molecular formula is C36H32F3N7O5S. The summed E-state index contributed by atoms with van der Waals surface area (Å²) in [5, 5.41) is 11.5. The van der Waals surface area contributed by atoms with E-state index >= 15 is 0 Å². The molecule has 0 aliphatic carbocycles. The molecule has 268 valence electrons. The number of amidine groups is 1. The monoisotopic (exact) mass is 731 g/mol. The zero-order valence-electron chi connectivity index (χ0n) is 27.8. The highest BCUT2D eigenvalue weighted by atomic mass is 32.2. The highest BCUT2D eigenvalue weighted by molar-refractivity contribution is 8.13. The average molecular weight is 732 g/mol. The second-order valence-electron chi connectivity index (χ2n) is 10.9. The molecule has 4 aromatic carbocycles. The van der Waals surface area contributed by atoms with Crippen LogP contribution in [0.25, 0.3) is 17.1 Å². The van der Waals surface area contributed by atoms with Crippen LogP contribution < -0.4 is 15.5 Å². The topological polar surface area (TPSA) is 141 Å². The number of rotatable bonds is 12. The molecule has 1 aromatic heterocycles. The van der Waals surface area contributed by atoms with Crippen LogP contribution >= 0.6 is 11.8 Å². The number of carbonyl (C=O) groups excluding carboxylic acids is 2. The maximum absolute atomic E-state index is 12.5. The fourth-order valence-electron chi connectivity index (χ4n) is 4.49. The van der Waals surface area contributed by atoms with E-state index in [0.29, 0.717) is 22.2 Å². The lowest BCUT2D eigenvalue weighted by Crippen LogP contribution is -2.31. The Labute approximate surface area is 300 Å². The summed E-state index contributed by atoms with van der Waals surface area (Å²) in [4.78, 5) is 33.3. The minimum absolute atomic E-state index is 0.0716. The fraction of sp³-hybridized carbons (Fsp3) is 0.167. The number of nitrogens with zero attached hydrogens (tertiary/aromatic N) is 5. The Bertz CT molecular complexity index is 2000. The van der Waals surface area contributed by atoms with Crippen LogP contribution in [-0.2, 0) is 20.9 Å². The number of thioether (sulfide) groups is 1. The summed E-state index contributed by atoms with van der Waals surface area (Å²) in [6, 6.07) is 27.4. The zero-order chi connectivity index (χ0) is 36.9. The molecule has 0 saturated carbocycles. The number of benzene rings is 4. The van der Waals surface area contributed by atoms with Crippen molar-refractivity contribution in [3.8, 4) is 22.8 Å². The smallest absolute Gasteiger partial charge is 0.453 e. The number of amides is 1. The van der Waals surface area contributed by atoms with Crippen molar-refractivity contribution in [3.05, 3.63) is 126 Å². The van der Waals surface area contributed by atoms with Crippen molar-refractivity contribution in [2.75, 3.05) is 12.5 Å². The molecule has 1 heterocycles. The molecule has 12 nitrogen and oxygen atoms in total. The molecule has 0 unspecified atom stereocenters. The number of ether oxygens (including phenoxy) is 3. The van der Waals surface area contributed by atoms with Gasteiger partial charge in [0.05, 0.1) is 17.6 Å². The summed E-state index contributed by atoms with van der Waals surface area (Å²) < 4.78 is 53.1. The van der Waals surface area contributed by atoms with Crippen LogP contribution in [-0.4, -0.2) is 57.1 Å². The number of aromatic nitrogens is 3. The van der Waals surface area contributed by atoms with Gasteiger partial charge in [-0.05, 0) is 72.1 Å². The number of aliphatic imine (C=N–C) groups is 1. The molecule has 5 rings (SSSR count). The van der Waals surface area contributed by atoms with Gasteiger partial charge in [-0.2, -0.15) is 5.10 Å². The van der Waals surface area contributed by atoms with E-state index in [9.17, 15) is 22.8 Å². The lowest BCUT2D eigenvalue weighted by Gasteiger charge is -2.10. The van der Waals surface area contributed by atoms with Crippen LogP contribution in [0.4, 0.5) is 23.7 Å². The molecule has 0 aliphatic heterocycles. The van der Waals surface area contributed by atoms with E-state index in [1.54, 1.807) is 30.5 Å². The van der Waals surface area contributed by atoms with E-state index in [1.807, 2.05) is 62.4 Å². The van der Waals surface area contributed by atoms with Gasteiger partial charge in [-0.3, -0.25) is 10.2 Å². The number of nitrogens with one attached hydrogen (secondary N) is 2. The SMILES string of the molecule is Cc1cccc(C)c1/N=C(/N/N=C/c1ccc(-c2ncn(-c3ccc(OC(F)(F)F)cc3)n2)cc1)SCOC(=O)CNC(=O)OCc1ccccc1. The first kappa shape index (κ1) is 37.1. The predicted octanol–water partition coefficient (Wildman–Crippen LogP) is 7.22. The van der Waals surface area contributed by atoms with Gasteiger partial charge < -0.3 is 19.5 Å². The van der Waals surface area contributed by atoms with E-state index in [1.165, 1.54) is 35.3 Å². The molecule has 0 bridgehead atoms. The van der Waals surface area contributed by atoms with Crippen molar-refractivity contribution < 1.29 is 37.0 Å². The number of para-hydroxylation sites is 1. The van der Waals surface area contributed by atoms with Crippen molar-refractivity contribution in [2.45, 2.75) is 26.8 Å². The predicted molar refractivity (Wildman–Crippen MR) is 190 cm³/mol. The van der Waals surface area contributed by atoms with Crippen molar-refractivity contribution in [2.24, 2.45) is 10.1 Å². The Morgan fingerprint density at radius 3 is 2.31 bits per heavy atom. The Morgan fingerprint density at radius 2 is 1.62 bits per heavy atom. The van der Waals surface area contributed by atoms with E-state index in [4.69, 9.17) is 14.5 Å². The standard InChI is InChI=1S/C36H32F3N7O5S/c1-24-7-6-8-25(2)32(24)43-34(52-23-50-31(47)20-40-35(48)49-21-27-9-4-3-5-10-27)44-42-19-26-11-13-28(14-12-26)33-41-22-46(45-33)29-15-17-30(18-16-29)51-36(37,38)39/h3-19,22H,20-21,23H2,1-2H3,(H,40,48)(H,43,44)/b42-19+. The quantitative estimate of drug-likeness (QED) is 0.0447. The highest BCUT2D eigenvalue weighted by Crippen LogP contribution is 2.25. The molecule has 0 radical (unpaired) electrons. The lowest BCUT2D eigenvalue weighted by atomic mass is 10.1. The van der Waals surface area contributed by atoms with Gasteiger partial charge in [0, 0.05) is 5.56 Å². The number of hydrogen-bond acceptors (Lipinski definition) is 10. The van der Waals surface area contributed by atoms with E-state index in [2.05, 4.69) is 30.7 Å². The summed E-state index contributed by atoms with van der Waals surface area (Å²) in [7, 11) is 0. The first-order chi connectivity index (χ1) is 25.0. The van der Waals surface area contributed by atoms with Gasteiger partial charge in [0.25, 0.3) is 0 Å². The van der Waals surface area contributed by atoms with E-state index in [0.717, 1.165) is 39.7 Å². The van der Waals surface area contributed by atoms with Crippen LogP contribution in [0.1, 0.15) is 22.3 Å². The third-order valence-electron chi connectivity index (χ3n) is 7.03. The highest BCUT2D eigenvalue weighted by Gasteiger charge is 2.31. The van der Waals surface area contributed by atoms with Gasteiger partial charge >= 0.3 is 18.4 Å². The number of carbonyl (C=O) groups is 2. The molecule has 5 aromatic rings. The maximum Gasteiger partial charge on any atom is 0.573 e. The number of hydrogen-bond donors (Lipinski definition) is 2. The van der Waals surface area contributed by atoms with Gasteiger partial charge in [0.15, 0.2) is 11.0 Å². The van der Waals surface area contributed by atoms with Crippen LogP contribution in [0.5, 0.6) is 5.75 Å². The second-order valence-corrected chi connectivity index (χ2v) is 11.8. The molecule has 0 saturated heterocycles. The van der Waals surface area contributed by atoms with Gasteiger partial charge in [0.2, 0.25) is 0 Å². The molecule has 0 aliphatic rings. The molecule has 0 atom stereocenters. The number of halogens is 3. The van der Waals surface area contributed by atoms with E-state index in [-0.39, 0.29) is 24.8 Å². The molecule has 2 N–H and O–H groups in total. The Balaban J connectivity index is 1.15. The van der Waals surface area contributed by atoms with Crippen molar-refractivity contribution in [3.63, 3.8) is 0 Å². The summed E-state index contributed by atoms with van der Waals surface area (Å²) >= 11 is 1.10. The van der Waals surface area contributed by atoms with Gasteiger partial charge in [-0.25, -0.2) is 19.5 Å². The summed E-state index contributed by atoms with van der Waals surface area (Å²) in [5.74, 6) is -0.694. The lowest BCUT2D eigenvalue weighted by molar-refractivity contribution is -0.274. The number of hydrazone groups is 1. The minimum Gasteiger partial charge on any atom is -0.453 e. The summed E-state index contributed by atoms with van der Waals surface area (Å²) in [6.07, 6.45) is -2.48. The minimum atomic E-state index is -4.77. The van der Waals surface area contributed by atoms with Crippen molar-refractivity contribution in [1.29, 1.82) is 0 Å². The van der Waals surface area contributed by atoms with Crippen LogP contribution in [0, 0.1) is 13.8 Å². The molecule has 52 heavy (non-hydrogen) atoms. The van der Waals surface area contributed by atoms with Crippen molar-refractivity contribution in [1.82, 2.24) is 25.5 Å². The summed E-state index contributed by atoms with van der Waals surface area (Å²) in [6.45, 7) is 3.57.